The van der Waals surface area contributed by atoms with Crippen molar-refractivity contribution in [2.75, 3.05) is 6.54 Å². The van der Waals surface area contributed by atoms with Crippen molar-refractivity contribution in [3.63, 3.8) is 0 Å². The minimum atomic E-state index is 0.0464. The molecule has 1 atom stereocenters. The third-order valence-corrected chi connectivity index (χ3v) is 4.28. The zero-order valence-corrected chi connectivity index (χ0v) is 10.1. The van der Waals surface area contributed by atoms with Gasteiger partial charge in [0.15, 0.2) is 0 Å². The summed E-state index contributed by atoms with van der Waals surface area (Å²) in [5, 5.41) is 4.85. The average molecular weight is 274 g/mol. The number of hydrogen-bond acceptors (Lipinski definition) is 2. The minimum Gasteiger partial charge on any atom is -0.350 e. The highest BCUT2D eigenvalue weighted by molar-refractivity contribution is 9.09. The van der Waals surface area contributed by atoms with E-state index >= 15 is 0 Å². The second-order valence-corrected chi connectivity index (χ2v) is 5.66. The highest BCUT2D eigenvalue weighted by Crippen LogP contribution is 2.36. The number of hydrogen-bond donors (Lipinski definition) is 1. The van der Waals surface area contributed by atoms with Crippen LogP contribution in [0.15, 0.2) is 17.5 Å². The number of rotatable bonds is 4. The highest BCUT2D eigenvalue weighted by atomic mass is 79.9. The highest BCUT2D eigenvalue weighted by Gasteiger charge is 2.29. The third kappa shape index (κ3) is 2.58. The van der Waals surface area contributed by atoms with Crippen molar-refractivity contribution in [2.24, 2.45) is 5.92 Å². The van der Waals surface area contributed by atoms with Crippen LogP contribution in [-0.2, 0) is 0 Å². The molecule has 1 amide bonds. The molecule has 1 aromatic rings. The minimum absolute atomic E-state index is 0.0464. The lowest BCUT2D eigenvalue weighted by atomic mass is 10.3. The Bertz CT molecular complexity index is 308. The van der Waals surface area contributed by atoms with Crippen LogP contribution in [0.3, 0.4) is 0 Å². The molecular weight excluding hydrogens is 262 g/mol. The summed E-state index contributed by atoms with van der Waals surface area (Å²) in [6, 6.07) is 3.74. The SMILES string of the molecule is O=C(NCC(Br)C1CC1)c1cccs1. The molecule has 1 saturated carbocycles. The quantitative estimate of drug-likeness (QED) is 0.840. The molecule has 1 N–H and O–H groups in total. The van der Waals surface area contributed by atoms with Gasteiger partial charge in [0, 0.05) is 11.4 Å². The van der Waals surface area contributed by atoms with E-state index in [0.29, 0.717) is 4.83 Å². The van der Waals surface area contributed by atoms with Crippen molar-refractivity contribution < 1.29 is 4.79 Å². The summed E-state index contributed by atoms with van der Waals surface area (Å²) in [6.07, 6.45) is 2.59. The van der Waals surface area contributed by atoms with Crippen LogP contribution < -0.4 is 5.32 Å². The molecule has 4 heteroatoms. The second-order valence-electron chi connectivity index (χ2n) is 3.54. The average Bonchev–Trinajstić information content (AvgIpc) is 2.90. The van der Waals surface area contributed by atoms with Gasteiger partial charge in [-0.3, -0.25) is 4.79 Å². The fourth-order valence-electron chi connectivity index (χ4n) is 1.31. The fourth-order valence-corrected chi connectivity index (χ4v) is 2.64. The Morgan fingerprint density at radius 2 is 2.50 bits per heavy atom. The van der Waals surface area contributed by atoms with Gasteiger partial charge in [0.2, 0.25) is 0 Å². The molecule has 1 fully saturated rings. The van der Waals surface area contributed by atoms with Crippen molar-refractivity contribution in [2.45, 2.75) is 17.7 Å². The van der Waals surface area contributed by atoms with Gasteiger partial charge >= 0.3 is 0 Å². The number of amides is 1. The van der Waals surface area contributed by atoms with E-state index in [1.165, 1.54) is 24.2 Å². The Kier molecular flexibility index (Phi) is 3.23. The van der Waals surface area contributed by atoms with E-state index in [9.17, 15) is 4.79 Å². The predicted octanol–water partition coefficient (Wildman–Crippen LogP) is 2.65. The van der Waals surface area contributed by atoms with Gasteiger partial charge in [0.05, 0.1) is 4.88 Å². The van der Waals surface area contributed by atoms with Gasteiger partial charge in [-0.1, -0.05) is 22.0 Å². The number of nitrogens with one attached hydrogen (secondary N) is 1. The van der Waals surface area contributed by atoms with Gasteiger partial charge in [0.25, 0.3) is 5.91 Å². The molecule has 1 aromatic heterocycles. The van der Waals surface area contributed by atoms with Crippen molar-refractivity contribution in [1.82, 2.24) is 5.32 Å². The molecule has 1 aliphatic carbocycles. The molecule has 0 saturated heterocycles. The standard InChI is InChI=1S/C10H12BrNOS/c11-8(7-3-4-7)6-12-10(13)9-2-1-5-14-9/h1-2,5,7-8H,3-4,6H2,(H,12,13). The maximum absolute atomic E-state index is 11.5. The first-order valence-electron chi connectivity index (χ1n) is 4.73. The molecule has 0 aromatic carbocycles. The van der Waals surface area contributed by atoms with E-state index in [-0.39, 0.29) is 5.91 Å². The van der Waals surface area contributed by atoms with E-state index in [2.05, 4.69) is 21.2 Å². The van der Waals surface area contributed by atoms with Crippen LogP contribution in [0.2, 0.25) is 0 Å². The van der Waals surface area contributed by atoms with Crippen LogP contribution in [-0.4, -0.2) is 17.3 Å². The van der Waals surface area contributed by atoms with Crippen molar-refractivity contribution in [3.8, 4) is 0 Å². The molecule has 0 spiro atoms. The summed E-state index contributed by atoms with van der Waals surface area (Å²) in [6.45, 7) is 0.738. The van der Waals surface area contributed by atoms with Gasteiger partial charge in [-0.2, -0.15) is 0 Å². The molecule has 2 nitrogen and oxygen atoms in total. The summed E-state index contributed by atoms with van der Waals surface area (Å²) in [5.74, 6) is 0.823. The molecule has 2 rings (SSSR count). The number of thiophene rings is 1. The molecule has 1 unspecified atom stereocenters. The van der Waals surface area contributed by atoms with Gasteiger partial charge in [0.1, 0.15) is 0 Å². The lowest BCUT2D eigenvalue weighted by Crippen LogP contribution is -2.29. The van der Waals surface area contributed by atoms with Crippen LogP contribution in [0.5, 0.6) is 0 Å². The number of carbonyl (C=O) groups is 1. The van der Waals surface area contributed by atoms with Crippen LogP contribution in [0, 0.1) is 5.92 Å². The molecule has 0 radical (unpaired) electrons. The summed E-state index contributed by atoms with van der Waals surface area (Å²) in [4.78, 5) is 12.8. The van der Waals surface area contributed by atoms with E-state index < -0.39 is 0 Å². The summed E-state index contributed by atoms with van der Waals surface area (Å²) in [7, 11) is 0. The molecule has 76 valence electrons. The van der Waals surface area contributed by atoms with E-state index in [4.69, 9.17) is 0 Å². The van der Waals surface area contributed by atoms with E-state index in [1.54, 1.807) is 0 Å². The molecule has 14 heavy (non-hydrogen) atoms. The van der Waals surface area contributed by atoms with Gasteiger partial charge in [-0.05, 0) is 30.2 Å². The van der Waals surface area contributed by atoms with Crippen LogP contribution in [0.1, 0.15) is 22.5 Å². The molecule has 1 aliphatic rings. The Labute approximate surface area is 95.8 Å². The van der Waals surface area contributed by atoms with E-state index in [0.717, 1.165) is 17.3 Å². The third-order valence-electron chi connectivity index (χ3n) is 2.34. The normalized spacial score (nSPS) is 17.8. The number of carbonyl (C=O) groups excluding carboxylic acids is 1. The van der Waals surface area contributed by atoms with Gasteiger partial charge in [-0.15, -0.1) is 11.3 Å². The van der Waals surface area contributed by atoms with Crippen molar-refractivity contribution in [3.05, 3.63) is 22.4 Å². The zero-order chi connectivity index (χ0) is 9.97. The Balaban J connectivity index is 1.77. The monoisotopic (exact) mass is 273 g/mol. The smallest absolute Gasteiger partial charge is 0.261 e. The summed E-state index contributed by atoms with van der Waals surface area (Å²) < 4.78 is 0. The predicted molar refractivity (Wildman–Crippen MR) is 62.1 cm³/mol. The largest absolute Gasteiger partial charge is 0.350 e. The zero-order valence-electron chi connectivity index (χ0n) is 7.70. The molecule has 0 bridgehead atoms. The first-order valence-corrected chi connectivity index (χ1v) is 6.52. The maximum Gasteiger partial charge on any atom is 0.261 e. The van der Waals surface area contributed by atoms with Gasteiger partial charge < -0.3 is 5.32 Å². The lowest BCUT2D eigenvalue weighted by Gasteiger charge is -2.08. The topological polar surface area (TPSA) is 29.1 Å². The number of alkyl halides is 1. The first-order chi connectivity index (χ1) is 6.77. The van der Waals surface area contributed by atoms with Crippen molar-refractivity contribution in [1.29, 1.82) is 0 Å². The van der Waals surface area contributed by atoms with Crippen LogP contribution >= 0.6 is 27.3 Å². The lowest BCUT2D eigenvalue weighted by molar-refractivity contribution is 0.0957. The van der Waals surface area contributed by atoms with Crippen molar-refractivity contribution >= 4 is 33.2 Å². The first kappa shape index (κ1) is 10.2. The van der Waals surface area contributed by atoms with Crippen LogP contribution in [0.4, 0.5) is 0 Å². The fraction of sp³-hybridized carbons (Fsp3) is 0.500. The number of halogens is 1. The summed E-state index contributed by atoms with van der Waals surface area (Å²) in [5.41, 5.74) is 0. The molecule has 1 heterocycles. The van der Waals surface area contributed by atoms with Crippen LogP contribution in [0.25, 0.3) is 0 Å². The molecular formula is C10H12BrNOS. The maximum atomic E-state index is 11.5. The van der Waals surface area contributed by atoms with Gasteiger partial charge in [-0.25, -0.2) is 0 Å². The molecule has 0 aliphatic heterocycles. The second kappa shape index (κ2) is 4.45. The summed E-state index contributed by atoms with van der Waals surface area (Å²) >= 11 is 5.06. The van der Waals surface area contributed by atoms with E-state index in [1.807, 2.05) is 17.5 Å². The Morgan fingerprint density at radius 1 is 1.71 bits per heavy atom. The Morgan fingerprint density at radius 3 is 3.07 bits per heavy atom. The Hall–Kier alpha value is -0.350.